The molecule has 0 N–H and O–H groups in total. The first kappa shape index (κ1) is 10.3. The molecule has 0 aliphatic carbocycles. The van der Waals surface area contributed by atoms with Gasteiger partial charge in [-0.25, -0.2) is 4.39 Å². The van der Waals surface area contributed by atoms with E-state index in [4.69, 9.17) is 0 Å². The van der Waals surface area contributed by atoms with Crippen LogP contribution in [-0.2, 0) is 6.54 Å². The van der Waals surface area contributed by atoms with Crippen LogP contribution in [-0.4, -0.2) is 14.8 Å². The molecule has 1 aromatic carbocycles. The van der Waals surface area contributed by atoms with Gasteiger partial charge < -0.3 is 4.57 Å². The Morgan fingerprint density at radius 1 is 1.47 bits per heavy atom. The lowest BCUT2D eigenvalue weighted by Gasteiger charge is -2.03. The van der Waals surface area contributed by atoms with E-state index in [9.17, 15) is 4.39 Å². The largest absolute Gasteiger partial charge is 0.314 e. The Kier molecular flexibility index (Phi) is 2.81. The second-order valence-corrected chi connectivity index (χ2v) is 3.92. The molecule has 0 aliphatic heterocycles. The monoisotopic (exact) mass is 269 g/mol. The lowest BCUT2D eigenvalue weighted by atomic mass is 10.2. The molecule has 78 valence electrons. The molecule has 0 atom stereocenters. The van der Waals surface area contributed by atoms with Gasteiger partial charge in [-0.3, -0.25) is 0 Å². The summed E-state index contributed by atoms with van der Waals surface area (Å²) in [5.74, 6) is 0.472. The smallest absolute Gasteiger partial charge is 0.163 e. The number of aromatic nitrogens is 3. The highest BCUT2D eigenvalue weighted by Crippen LogP contribution is 2.23. The zero-order chi connectivity index (χ0) is 10.8. The third-order valence-electron chi connectivity index (χ3n) is 2.13. The second-order valence-electron chi connectivity index (χ2n) is 3.07. The molecule has 0 spiro atoms. The second kappa shape index (κ2) is 4.10. The highest BCUT2D eigenvalue weighted by Gasteiger charge is 2.08. The van der Waals surface area contributed by atoms with Crippen LogP contribution in [0.2, 0.25) is 0 Å². The summed E-state index contributed by atoms with van der Waals surface area (Å²) >= 11 is 3.15. The van der Waals surface area contributed by atoms with Gasteiger partial charge in [0, 0.05) is 12.1 Å². The molecular formula is C10H9BrFN3. The maximum atomic E-state index is 13.0. The first-order chi connectivity index (χ1) is 7.22. The summed E-state index contributed by atoms with van der Waals surface area (Å²) in [5, 5.41) is 7.82. The Hall–Kier alpha value is -1.23. The first-order valence-electron chi connectivity index (χ1n) is 4.55. The van der Waals surface area contributed by atoms with Crippen LogP contribution in [0, 0.1) is 5.82 Å². The molecule has 3 nitrogen and oxygen atoms in total. The predicted octanol–water partition coefficient (Wildman–Crippen LogP) is 2.87. The molecule has 0 fully saturated rings. The lowest BCUT2D eigenvalue weighted by molar-refractivity contribution is 0.621. The molecule has 0 aliphatic rings. The molecule has 0 radical (unpaired) electrons. The fourth-order valence-corrected chi connectivity index (χ4v) is 1.72. The van der Waals surface area contributed by atoms with Crippen LogP contribution in [0.1, 0.15) is 6.92 Å². The Morgan fingerprint density at radius 2 is 2.27 bits per heavy atom. The van der Waals surface area contributed by atoms with E-state index in [1.165, 1.54) is 6.07 Å². The van der Waals surface area contributed by atoms with Gasteiger partial charge in [0.05, 0.1) is 4.47 Å². The van der Waals surface area contributed by atoms with E-state index in [1.807, 2.05) is 11.5 Å². The quantitative estimate of drug-likeness (QED) is 0.840. The third-order valence-corrected chi connectivity index (χ3v) is 2.74. The summed E-state index contributed by atoms with van der Waals surface area (Å²) in [5.41, 5.74) is 0.850. The van der Waals surface area contributed by atoms with Crippen molar-refractivity contribution >= 4 is 15.9 Å². The van der Waals surface area contributed by atoms with Gasteiger partial charge in [0.2, 0.25) is 0 Å². The molecule has 0 saturated heterocycles. The predicted molar refractivity (Wildman–Crippen MR) is 58.8 cm³/mol. The summed E-state index contributed by atoms with van der Waals surface area (Å²) in [6.07, 6.45) is 1.66. The Morgan fingerprint density at radius 3 is 2.93 bits per heavy atom. The SMILES string of the molecule is CCn1cnnc1-c1ccc(F)c(Br)c1. The topological polar surface area (TPSA) is 30.7 Å². The number of hydrogen-bond donors (Lipinski definition) is 0. The summed E-state index contributed by atoms with van der Waals surface area (Å²) in [6, 6.07) is 4.80. The Balaban J connectivity index is 2.50. The third kappa shape index (κ3) is 1.92. The molecule has 15 heavy (non-hydrogen) atoms. The Labute approximate surface area is 95.1 Å². The van der Waals surface area contributed by atoms with Gasteiger partial charge in [0.15, 0.2) is 5.82 Å². The van der Waals surface area contributed by atoms with Crippen molar-refractivity contribution in [1.29, 1.82) is 0 Å². The molecular weight excluding hydrogens is 261 g/mol. The highest BCUT2D eigenvalue weighted by molar-refractivity contribution is 9.10. The minimum atomic E-state index is -0.277. The molecule has 0 amide bonds. The molecule has 1 heterocycles. The lowest BCUT2D eigenvalue weighted by Crippen LogP contribution is -1.96. The van der Waals surface area contributed by atoms with E-state index in [1.54, 1.807) is 18.5 Å². The summed E-state index contributed by atoms with van der Waals surface area (Å²) in [6.45, 7) is 2.79. The van der Waals surface area contributed by atoms with Crippen LogP contribution in [0.3, 0.4) is 0 Å². The fraction of sp³-hybridized carbons (Fsp3) is 0.200. The normalized spacial score (nSPS) is 10.6. The molecule has 0 unspecified atom stereocenters. The van der Waals surface area contributed by atoms with E-state index in [2.05, 4.69) is 26.1 Å². The van der Waals surface area contributed by atoms with Crippen molar-refractivity contribution in [2.24, 2.45) is 0 Å². The van der Waals surface area contributed by atoms with Gasteiger partial charge >= 0.3 is 0 Å². The van der Waals surface area contributed by atoms with Crippen molar-refractivity contribution in [3.63, 3.8) is 0 Å². The van der Waals surface area contributed by atoms with E-state index in [0.717, 1.165) is 17.9 Å². The van der Waals surface area contributed by atoms with Crippen LogP contribution >= 0.6 is 15.9 Å². The maximum Gasteiger partial charge on any atom is 0.163 e. The standard InChI is InChI=1S/C10H9BrFN3/c1-2-15-6-13-14-10(15)7-3-4-9(12)8(11)5-7/h3-6H,2H2,1H3. The zero-order valence-electron chi connectivity index (χ0n) is 8.11. The van der Waals surface area contributed by atoms with E-state index in [0.29, 0.717) is 4.47 Å². The van der Waals surface area contributed by atoms with Crippen molar-refractivity contribution in [3.8, 4) is 11.4 Å². The average Bonchev–Trinajstić information content (AvgIpc) is 2.70. The van der Waals surface area contributed by atoms with Gasteiger partial charge in [-0.1, -0.05) is 0 Å². The van der Waals surface area contributed by atoms with E-state index in [-0.39, 0.29) is 5.82 Å². The molecule has 2 rings (SSSR count). The van der Waals surface area contributed by atoms with Crippen molar-refractivity contribution in [2.45, 2.75) is 13.5 Å². The fourth-order valence-electron chi connectivity index (χ4n) is 1.35. The molecule has 1 aromatic heterocycles. The minimum Gasteiger partial charge on any atom is -0.314 e. The number of halogens is 2. The number of aryl methyl sites for hydroxylation is 1. The number of rotatable bonds is 2. The molecule has 5 heteroatoms. The van der Waals surface area contributed by atoms with Gasteiger partial charge in [-0.2, -0.15) is 0 Å². The minimum absolute atomic E-state index is 0.277. The summed E-state index contributed by atoms with van der Waals surface area (Å²) in [4.78, 5) is 0. The average molecular weight is 270 g/mol. The summed E-state index contributed by atoms with van der Waals surface area (Å²) < 4.78 is 15.4. The number of benzene rings is 1. The highest BCUT2D eigenvalue weighted by atomic mass is 79.9. The zero-order valence-corrected chi connectivity index (χ0v) is 9.70. The van der Waals surface area contributed by atoms with E-state index < -0.39 is 0 Å². The number of nitrogens with zero attached hydrogens (tertiary/aromatic N) is 3. The van der Waals surface area contributed by atoms with Crippen molar-refractivity contribution < 1.29 is 4.39 Å². The van der Waals surface area contributed by atoms with Gasteiger partial charge in [-0.05, 0) is 41.1 Å². The molecule has 0 saturated carbocycles. The molecule has 0 bridgehead atoms. The maximum absolute atomic E-state index is 13.0. The van der Waals surface area contributed by atoms with Crippen molar-refractivity contribution in [2.75, 3.05) is 0 Å². The van der Waals surface area contributed by atoms with Crippen molar-refractivity contribution in [1.82, 2.24) is 14.8 Å². The first-order valence-corrected chi connectivity index (χ1v) is 5.35. The van der Waals surface area contributed by atoms with Crippen LogP contribution in [0.15, 0.2) is 29.0 Å². The summed E-state index contributed by atoms with van der Waals surface area (Å²) in [7, 11) is 0. The molecule has 2 aromatic rings. The van der Waals surface area contributed by atoms with Crippen LogP contribution < -0.4 is 0 Å². The van der Waals surface area contributed by atoms with Crippen LogP contribution in [0.25, 0.3) is 11.4 Å². The van der Waals surface area contributed by atoms with Gasteiger partial charge in [0.25, 0.3) is 0 Å². The van der Waals surface area contributed by atoms with Gasteiger partial charge in [-0.15, -0.1) is 10.2 Å². The van der Waals surface area contributed by atoms with Crippen LogP contribution in [0.5, 0.6) is 0 Å². The Bertz CT molecular complexity index is 481. The van der Waals surface area contributed by atoms with Crippen molar-refractivity contribution in [3.05, 3.63) is 34.8 Å². The van der Waals surface area contributed by atoms with Gasteiger partial charge in [0.1, 0.15) is 12.1 Å². The number of hydrogen-bond acceptors (Lipinski definition) is 2. The van der Waals surface area contributed by atoms with E-state index >= 15 is 0 Å². The van der Waals surface area contributed by atoms with Crippen LogP contribution in [0.4, 0.5) is 4.39 Å².